The molecule has 1 aliphatic carbocycles. The maximum Gasteiger partial charge on any atom is 0.252 e. The van der Waals surface area contributed by atoms with E-state index in [1.54, 1.807) is 18.5 Å². The number of hydrogen-bond donors (Lipinski definition) is 1. The number of halogens is 1. The summed E-state index contributed by atoms with van der Waals surface area (Å²) < 4.78 is 1.10. The van der Waals surface area contributed by atoms with Gasteiger partial charge in [0.2, 0.25) is 0 Å². The molecule has 3 nitrogen and oxygen atoms in total. The number of thioether (sulfide) groups is 1. The van der Waals surface area contributed by atoms with Crippen molar-refractivity contribution in [1.29, 1.82) is 0 Å². The van der Waals surface area contributed by atoms with E-state index in [-0.39, 0.29) is 10.7 Å². The van der Waals surface area contributed by atoms with Gasteiger partial charge in [-0.2, -0.15) is 11.8 Å². The molecule has 92 valence electrons. The highest BCUT2D eigenvalue weighted by Gasteiger charge is 2.36. The Hall–Kier alpha value is -0.550. The summed E-state index contributed by atoms with van der Waals surface area (Å²) in [5.74, 6) is -0.0425. The maximum atomic E-state index is 11.9. The number of nitrogens with one attached hydrogen (secondary N) is 1. The fourth-order valence-corrected chi connectivity index (χ4v) is 3.18. The first kappa shape index (κ1) is 12.9. The van der Waals surface area contributed by atoms with Crippen LogP contribution in [0.4, 0.5) is 0 Å². The lowest BCUT2D eigenvalue weighted by atomic mass is 9.84. The summed E-state index contributed by atoms with van der Waals surface area (Å²) in [6.07, 6.45) is 9.05. The fraction of sp³-hybridized carbons (Fsp3) is 0.500. The summed E-state index contributed by atoms with van der Waals surface area (Å²) in [5.41, 5.74) is 0.606. The number of nitrogens with zero attached hydrogens (tertiary/aromatic N) is 1. The molecular formula is C12H15BrN2OS. The van der Waals surface area contributed by atoms with Crippen LogP contribution in [0.3, 0.4) is 0 Å². The summed E-state index contributed by atoms with van der Waals surface area (Å²) in [5, 5.41) is 3.00. The van der Waals surface area contributed by atoms with Crippen molar-refractivity contribution in [2.75, 3.05) is 12.8 Å². The summed E-state index contributed by atoms with van der Waals surface area (Å²) >= 11 is 5.17. The van der Waals surface area contributed by atoms with E-state index in [2.05, 4.69) is 32.5 Å². The molecule has 17 heavy (non-hydrogen) atoms. The highest BCUT2D eigenvalue weighted by Crippen LogP contribution is 2.42. The minimum atomic E-state index is -0.0425. The van der Waals surface area contributed by atoms with Crippen molar-refractivity contribution in [3.05, 3.63) is 28.5 Å². The standard InChI is InChI=1S/C12H15BrN2OS/c1-17-12(3-2-4-12)8-15-11(16)9-5-10(13)7-14-6-9/h5-7H,2-4,8H2,1H3,(H,15,16). The molecule has 1 saturated carbocycles. The normalized spacial score (nSPS) is 17.3. The van der Waals surface area contributed by atoms with Crippen molar-refractivity contribution < 1.29 is 4.79 Å². The zero-order valence-corrected chi connectivity index (χ0v) is 12.1. The lowest BCUT2D eigenvalue weighted by Crippen LogP contribution is -2.45. The summed E-state index contributed by atoms with van der Waals surface area (Å²) in [6, 6.07) is 1.79. The molecule has 0 saturated heterocycles. The molecule has 1 N–H and O–H groups in total. The van der Waals surface area contributed by atoms with Gasteiger partial charge < -0.3 is 5.32 Å². The van der Waals surface area contributed by atoms with Crippen LogP contribution in [-0.2, 0) is 0 Å². The Labute approximate surface area is 114 Å². The molecule has 1 fully saturated rings. The number of carbonyl (C=O) groups excluding carboxylic acids is 1. The number of aromatic nitrogens is 1. The van der Waals surface area contributed by atoms with Crippen molar-refractivity contribution >= 4 is 33.6 Å². The van der Waals surface area contributed by atoms with Crippen LogP contribution in [0.2, 0.25) is 0 Å². The quantitative estimate of drug-likeness (QED) is 0.929. The van der Waals surface area contributed by atoms with Crippen molar-refractivity contribution in [1.82, 2.24) is 10.3 Å². The summed E-state index contributed by atoms with van der Waals surface area (Å²) in [7, 11) is 0. The molecule has 0 unspecified atom stereocenters. The molecule has 1 aromatic heterocycles. The third kappa shape index (κ3) is 3.01. The van der Waals surface area contributed by atoms with E-state index in [1.165, 1.54) is 19.3 Å². The van der Waals surface area contributed by atoms with Crippen molar-refractivity contribution in [2.45, 2.75) is 24.0 Å². The molecule has 1 aromatic rings. The molecule has 0 radical (unpaired) electrons. The highest BCUT2D eigenvalue weighted by atomic mass is 79.9. The van der Waals surface area contributed by atoms with Gasteiger partial charge in [0, 0.05) is 28.2 Å². The van der Waals surface area contributed by atoms with Crippen molar-refractivity contribution in [3.63, 3.8) is 0 Å². The molecule has 1 amide bonds. The molecule has 0 spiro atoms. The van der Waals surface area contributed by atoms with E-state index < -0.39 is 0 Å². The van der Waals surface area contributed by atoms with Gasteiger partial charge in [-0.3, -0.25) is 9.78 Å². The SMILES string of the molecule is CSC1(CNC(=O)c2cncc(Br)c2)CCC1. The third-order valence-corrected chi connectivity index (χ3v) is 5.09. The van der Waals surface area contributed by atoms with Gasteiger partial charge >= 0.3 is 0 Å². The van der Waals surface area contributed by atoms with Crippen LogP contribution in [0, 0.1) is 0 Å². The van der Waals surface area contributed by atoms with E-state index in [0.29, 0.717) is 5.56 Å². The van der Waals surface area contributed by atoms with Gasteiger partial charge in [0.05, 0.1) is 5.56 Å². The predicted molar refractivity (Wildman–Crippen MR) is 74.4 cm³/mol. The fourth-order valence-electron chi connectivity index (χ4n) is 1.90. The zero-order chi connectivity index (χ0) is 12.3. The van der Waals surface area contributed by atoms with Crippen molar-refractivity contribution in [2.24, 2.45) is 0 Å². The van der Waals surface area contributed by atoms with Gasteiger partial charge in [-0.15, -0.1) is 0 Å². The molecule has 0 bridgehead atoms. The van der Waals surface area contributed by atoms with Gasteiger partial charge in [-0.25, -0.2) is 0 Å². The molecule has 2 rings (SSSR count). The Morgan fingerprint density at radius 3 is 2.88 bits per heavy atom. The van der Waals surface area contributed by atoms with Crippen LogP contribution in [0.5, 0.6) is 0 Å². The van der Waals surface area contributed by atoms with E-state index in [9.17, 15) is 4.79 Å². The van der Waals surface area contributed by atoms with Gasteiger partial charge in [0.15, 0.2) is 0 Å². The Morgan fingerprint density at radius 2 is 2.35 bits per heavy atom. The molecule has 0 aliphatic heterocycles. The number of rotatable bonds is 4. The van der Waals surface area contributed by atoms with Crippen molar-refractivity contribution in [3.8, 4) is 0 Å². The number of amides is 1. The van der Waals surface area contributed by atoms with Crippen LogP contribution in [0.15, 0.2) is 22.9 Å². The van der Waals surface area contributed by atoms with Crippen LogP contribution >= 0.6 is 27.7 Å². The van der Waals surface area contributed by atoms with E-state index >= 15 is 0 Å². The minimum absolute atomic E-state index is 0.0425. The second-order valence-electron chi connectivity index (χ2n) is 4.32. The van der Waals surface area contributed by atoms with Crippen LogP contribution in [-0.4, -0.2) is 28.4 Å². The second-order valence-corrected chi connectivity index (χ2v) is 6.51. The summed E-state index contributed by atoms with van der Waals surface area (Å²) in [4.78, 5) is 15.9. The first-order valence-electron chi connectivity index (χ1n) is 5.59. The Balaban J connectivity index is 1.93. The molecule has 5 heteroatoms. The van der Waals surface area contributed by atoms with E-state index in [0.717, 1.165) is 11.0 Å². The topological polar surface area (TPSA) is 42.0 Å². The monoisotopic (exact) mass is 314 g/mol. The summed E-state index contributed by atoms with van der Waals surface area (Å²) in [6.45, 7) is 0.750. The molecule has 1 heterocycles. The Kier molecular flexibility index (Phi) is 4.09. The maximum absolute atomic E-state index is 11.9. The molecule has 0 aromatic carbocycles. The lowest BCUT2D eigenvalue weighted by Gasteiger charge is -2.40. The minimum Gasteiger partial charge on any atom is -0.351 e. The van der Waals surface area contributed by atoms with Gasteiger partial charge in [-0.1, -0.05) is 6.42 Å². The largest absolute Gasteiger partial charge is 0.351 e. The molecule has 0 atom stereocenters. The average molecular weight is 315 g/mol. The van der Waals surface area contributed by atoms with Crippen LogP contribution in [0.1, 0.15) is 29.6 Å². The predicted octanol–water partition coefficient (Wildman–Crippen LogP) is 2.86. The highest BCUT2D eigenvalue weighted by molar-refractivity contribution is 9.10. The zero-order valence-electron chi connectivity index (χ0n) is 9.70. The molecular weight excluding hydrogens is 300 g/mol. The first-order valence-corrected chi connectivity index (χ1v) is 7.61. The first-order chi connectivity index (χ1) is 8.15. The number of pyridine rings is 1. The van der Waals surface area contributed by atoms with Crippen LogP contribution < -0.4 is 5.32 Å². The smallest absolute Gasteiger partial charge is 0.252 e. The number of hydrogen-bond acceptors (Lipinski definition) is 3. The molecule has 1 aliphatic rings. The third-order valence-electron chi connectivity index (χ3n) is 3.24. The Morgan fingerprint density at radius 1 is 1.59 bits per heavy atom. The number of carbonyl (C=O) groups is 1. The van der Waals surface area contributed by atoms with Gasteiger partial charge in [-0.05, 0) is 41.1 Å². The second kappa shape index (κ2) is 5.40. The Bertz CT molecular complexity index is 415. The van der Waals surface area contributed by atoms with Crippen LogP contribution in [0.25, 0.3) is 0 Å². The average Bonchev–Trinajstić information content (AvgIpc) is 2.28. The van der Waals surface area contributed by atoms with E-state index in [1.807, 2.05) is 11.8 Å². The van der Waals surface area contributed by atoms with E-state index in [4.69, 9.17) is 0 Å². The van der Waals surface area contributed by atoms with Gasteiger partial charge in [0.1, 0.15) is 0 Å². The lowest BCUT2D eigenvalue weighted by molar-refractivity contribution is 0.0943. The van der Waals surface area contributed by atoms with Gasteiger partial charge in [0.25, 0.3) is 5.91 Å².